The molecule has 98 valence electrons. The van der Waals surface area contributed by atoms with E-state index in [1.807, 2.05) is 31.2 Å². The molecule has 0 fully saturated rings. The summed E-state index contributed by atoms with van der Waals surface area (Å²) in [5.41, 5.74) is 1.35. The van der Waals surface area contributed by atoms with Crippen molar-refractivity contribution in [3.05, 3.63) is 30.0 Å². The van der Waals surface area contributed by atoms with Crippen LogP contribution in [0.25, 0.3) is 11.0 Å². The number of carbonyl (C=O) groups is 1. The van der Waals surface area contributed by atoms with Gasteiger partial charge in [-0.05, 0) is 18.6 Å². The van der Waals surface area contributed by atoms with Crippen LogP contribution in [-0.2, 0) is 11.2 Å². The highest BCUT2D eigenvalue weighted by Gasteiger charge is 2.14. The monoisotopic (exact) mass is 256 g/mol. The molecule has 1 aromatic heterocycles. The van der Waals surface area contributed by atoms with Gasteiger partial charge in [0.15, 0.2) is 5.58 Å². The van der Waals surface area contributed by atoms with Gasteiger partial charge in [0.25, 0.3) is 0 Å². The van der Waals surface area contributed by atoms with Crippen molar-refractivity contribution in [2.75, 3.05) is 0 Å². The number of nitrogens with one attached hydrogen (secondary N) is 1. The lowest BCUT2D eigenvalue weighted by molar-refractivity contribution is -0.121. The molecular weight excluding hydrogens is 240 g/mol. The fourth-order valence-corrected chi connectivity index (χ4v) is 1.94. The largest absolute Gasteiger partial charge is 0.356 e. The predicted molar refractivity (Wildman–Crippen MR) is 73.4 cm³/mol. The molecule has 0 aliphatic rings. The number of para-hydroxylation sites is 1. The molecule has 19 heavy (non-hydrogen) atoms. The zero-order chi connectivity index (χ0) is 13.7. The molecule has 1 atom stereocenters. The number of carbonyl (C=O) groups excluding carboxylic acids is 1. The van der Waals surface area contributed by atoms with Crippen LogP contribution in [0.15, 0.2) is 28.8 Å². The maximum atomic E-state index is 11.9. The number of rotatable bonds is 5. The predicted octanol–water partition coefficient (Wildman–Crippen LogP) is 2.29. The number of hydrogen-bond donors (Lipinski definition) is 1. The van der Waals surface area contributed by atoms with E-state index in [1.54, 1.807) is 0 Å². The Morgan fingerprint density at radius 2 is 2.32 bits per heavy atom. The lowest BCUT2D eigenvalue weighted by atomic mass is 10.1. The minimum absolute atomic E-state index is 0.0238. The number of terminal acetylenes is 1. The Morgan fingerprint density at radius 1 is 1.53 bits per heavy atom. The van der Waals surface area contributed by atoms with Gasteiger partial charge in [-0.25, -0.2) is 0 Å². The van der Waals surface area contributed by atoms with Crippen molar-refractivity contribution in [3.8, 4) is 12.3 Å². The summed E-state index contributed by atoms with van der Waals surface area (Å²) >= 11 is 0. The number of amides is 1. The van der Waals surface area contributed by atoms with Gasteiger partial charge >= 0.3 is 0 Å². The lowest BCUT2D eigenvalue weighted by Crippen LogP contribution is -2.35. The van der Waals surface area contributed by atoms with E-state index in [0.29, 0.717) is 17.7 Å². The number of fused-ring (bicyclic) bond motifs is 1. The Labute approximate surface area is 112 Å². The van der Waals surface area contributed by atoms with Crippen molar-refractivity contribution < 1.29 is 9.32 Å². The first-order chi connectivity index (χ1) is 9.24. The number of benzene rings is 1. The van der Waals surface area contributed by atoms with E-state index in [1.165, 1.54) is 0 Å². The Balaban J connectivity index is 2.05. The van der Waals surface area contributed by atoms with Crippen LogP contribution in [0.1, 0.15) is 25.5 Å². The quantitative estimate of drug-likeness (QED) is 0.835. The second-order valence-corrected chi connectivity index (χ2v) is 4.38. The van der Waals surface area contributed by atoms with Gasteiger partial charge in [-0.2, -0.15) is 0 Å². The minimum Gasteiger partial charge on any atom is -0.356 e. The van der Waals surface area contributed by atoms with Crippen LogP contribution in [0.2, 0.25) is 0 Å². The molecule has 1 unspecified atom stereocenters. The van der Waals surface area contributed by atoms with Gasteiger partial charge in [0, 0.05) is 17.8 Å². The maximum Gasteiger partial charge on any atom is 0.226 e. The summed E-state index contributed by atoms with van der Waals surface area (Å²) in [4.78, 5) is 11.9. The molecule has 1 N–H and O–H groups in total. The van der Waals surface area contributed by atoms with E-state index in [-0.39, 0.29) is 18.4 Å². The Hall–Kier alpha value is -2.28. The first kappa shape index (κ1) is 13.2. The maximum absolute atomic E-state index is 11.9. The summed E-state index contributed by atoms with van der Waals surface area (Å²) in [7, 11) is 0. The first-order valence-electron chi connectivity index (χ1n) is 6.30. The molecule has 4 heteroatoms. The zero-order valence-electron chi connectivity index (χ0n) is 10.8. The van der Waals surface area contributed by atoms with Gasteiger partial charge in [0.05, 0.1) is 6.42 Å². The van der Waals surface area contributed by atoms with Gasteiger partial charge in [-0.1, -0.05) is 24.2 Å². The second-order valence-electron chi connectivity index (χ2n) is 4.38. The van der Waals surface area contributed by atoms with Crippen molar-refractivity contribution >= 4 is 16.9 Å². The van der Waals surface area contributed by atoms with Gasteiger partial charge in [-0.15, -0.1) is 12.3 Å². The van der Waals surface area contributed by atoms with Crippen molar-refractivity contribution in [2.45, 2.75) is 32.2 Å². The van der Waals surface area contributed by atoms with E-state index >= 15 is 0 Å². The fraction of sp³-hybridized carbons (Fsp3) is 0.333. The third-order valence-electron chi connectivity index (χ3n) is 3.00. The fourth-order valence-electron chi connectivity index (χ4n) is 1.94. The SMILES string of the molecule is C#CCC(CC)NC(=O)Cc1noc2ccccc12. The van der Waals surface area contributed by atoms with Crippen molar-refractivity contribution in [1.82, 2.24) is 10.5 Å². The summed E-state index contributed by atoms with van der Waals surface area (Å²) < 4.78 is 5.17. The van der Waals surface area contributed by atoms with E-state index in [2.05, 4.69) is 16.4 Å². The third kappa shape index (κ3) is 3.14. The van der Waals surface area contributed by atoms with Gasteiger partial charge in [-0.3, -0.25) is 4.79 Å². The molecule has 0 aliphatic carbocycles. The zero-order valence-corrected chi connectivity index (χ0v) is 10.8. The molecule has 0 saturated heterocycles. The Morgan fingerprint density at radius 3 is 3.05 bits per heavy atom. The molecule has 0 saturated carbocycles. The van der Waals surface area contributed by atoms with Crippen LogP contribution < -0.4 is 5.32 Å². The van der Waals surface area contributed by atoms with E-state index in [4.69, 9.17) is 10.9 Å². The molecule has 4 nitrogen and oxygen atoms in total. The Kier molecular flexibility index (Phi) is 4.19. The van der Waals surface area contributed by atoms with Crippen LogP contribution in [0.5, 0.6) is 0 Å². The average Bonchev–Trinajstić information content (AvgIpc) is 2.82. The molecule has 0 bridgehead atoms. The number of aromatic nitrogens is 1. The molecule has 1 heterocycles. The number of nitrogens with zero attached hydrogens (tertiary/aromatic N) is 1. The summed E-state index contributed by atoms with van der Waals surface area (Å²) in [5, 5.41) is 7.72. The van der Waals surface area contributed by atoms with Crippen molar-refractivity contribution in [1.29, 1.82) is 0 Å². The van der Waals surface area contributed by atoms with Crippen molar-refractivity contribution in [2.24, 2.45) is 0 Å². The van der Waals surface area contributed by atoms with Crippen LogP contribution in [-0.4, -0.2) is 17.1 Å². The highest BCUT2D eigenvalue weighted by molar-refractivity contribution is 5.86. The van der Waals surface area contributed by atoms with E-state index in [9.17, 15) is 4.79 Å². The van der Waals surface area contributed by atoms with Crippen LogP contribution >= 0.6 is 0 Å². The molecule has 0 spiro atoms. The summed E-state index contributed by atoms with van der Waals surface area (Å²) in [6, 6.07) is 7.52. The van der Waals surface area contributed by atoms with E-state index in [0.717, 1.165) is 11.8 Å². The smallest absolute Gasteiger partial charge is 0.226 e. The summed E-state index contributed by atoms with van der Waals surface area (Å²) in [6.07, 6.45) is 6.83. The molecule has 0 aliphatic heterocycles. The third-order valence-corrected chi connectivity index (χ3v) is 3.00. The highest BCUT2D eigenvalue weighted by Crippen LogP contribution is 2.18. The summed E-state index contributed by atoms with van der Waals surface area (Å²) in [5.74, 6) is 2.48. The van der Waals surface area contributed by atoms with Crippen LogP contribution in [0.4, 0.5) is 0 Å². The topological polar surface area (TPSA) is 55.1 Å². The molecule has 0 radical (unpaired) electrons. The van der Waals surface area contributed by atoms with Gasteiger partial charge < -0.3 is 9.84 Å². The molecule has 2 aromatic rings. The van der Waals surface area contributed by atoms with Gasteiger partial charge in [0.2, 0.25) is 5.91 Å². The standard InChI is InChI=1S/C15H16N2O2/c1-3-7-11(4-2)16-15(18)10-13-12-8-5-6-9-14(12)19-17-13/h1,5-6,8-9,11H,4,7,10H2,2H3,(H,16,18). The Bertz CT molecular complexity index is 610. The van der Waals surface area contributed by atoms with Gasteiger partial charge in [0.1, 0.15) is 5.69 Å². The van der Waals surface area contributed by atoms with Crippen LogP contribution in [0, 0.1) is 12.3 Å². The average molecular weight is 256 g/mol. The summed E-state index contributed by atoms with van der Waals surface area (Å²) in [6.45, 7) is 1.99. The lowest BCUT2D eigenvalue weighted by Gasteiger charge is -2.13. The molecule has 2 rings (SSSR count). The minimum atomic E-state index is -0.0823. The van der Waals surface area contributed by atoms with E-state index < -0.39 is 0 Å². The molecule has 1 amide bonds. The normalized spacial score (nSPS) is 12.0. The molecule has 1 aromatic carbocycles. The number of hydrogen-bond acceptors (Lipinski definition) is 3. The molecular formula is C15H16N2O2. The highest BCUT2D eigenvalue weighted by atomic mass is 16.5. The van der Waals surface area contributed by atoms with Crippen molar-refractivity contribution in [3.63, 3.8) is 0 Å². The second kappa shape index (κ2) is 6.05. The van der Waals surface area contributed by atoms with Crippen LogP contribution in [0.3, 0.4) is 0 Å². The first-order valence-corrected chi connectivity index (χ1v) is 6.30.